The Hall–Kier alpha value is -3.20. The smallest absolute Gasteiger partial charge is 0.392 e. The number of nitrogens with zero attached hydrogens (tertiary/aromatic N) is 4. The molecule has 3 N–H and O–H groups in total. The lowest BCUT2D eigenvalue weighted by Crippen LogP contribution is -2.43. The van der Waals surface area contributed by atoms with Gasteiger partial charge in [0.15, 0.2) is 0 Å². The predicted octanol–water partition coefficient (Wildman–Crippen LogP) is 3.76. The summed E-state index contributed by atoms with van der Waals surface area (Å²) in [6.07, 6.45) is -1.73. The van der Waals surface area contributed by atoms with E-state index < -0.39 is 22.7 Å². The Balaban J connectivity index is 0.00000324. The molecule has 0 aliphatic carbocycles. The van der Waals surface area contributed by atoms with Gasteiger partial charge in [0.25, 0.3) is 5.91 Å². The number of halogens is 4. The fourth-order valence-corrected chi connectivity index (χ4v) is 3.85. The molecular weight excluding hydrogens is 491 g/mol. The lowest BCUT2D eigenvalue weighted by molar-refractivity contribution is -0.137. The Morgan fingerprint density at radius 1 is 1.24 bits per heavy atom. The van der Waals surface area contributed by atoms with E-state index in [9.17, 15) is 23.1 Å². The summed E-state index contributed by atoms with van der Waals surface area (Å²) in [6, 6.07) is 4.43. The summed E-state index contributed by atoms with van der Waals surface area (Å²) in [5.74, 6) is 5.52. The van der Waals surface area contributed by atoms with Crippen molar-refractivity contribution in [2.75, 3.05) is 17.2 Å². The molecule has 1 aromatic carbocycles. The van der Waals surface area contributed by atoms with E-state index in [1.165, 1.54) is 34.1 Å². The van der Waals surface area contributed by atoms with Crippen LogP contribution in [0.5, 0.6) is 0 Å². The summed E-state index contributed by atoms with van der Waals surface area (Å²) >= 11 is 5.85. The first-order valence-electron chi connectivity index (χ1n) is 9.73. The maximum Gasteiger partial charge on any atom is 0.417 e. The quantitative estimate of drug-likeness (QED) is 0.513. The van der Waals surface area contributed by atoms with Crippen LogP contribution < -0.4 is 10.6 Å². The zero-order valence-corrected chi connectivity index (χ0v) is 19.4. The van der Waals surface area contributed by atoms with Crippen molar-refractivity contribution in [3.63, 3.8) is 0 Å². The molecule has 1 amide bonds. The van der Waals surface area contributed by atoms with Crippen molar-refractivity contribution in [3.05, 3.63) is 69.6 Å². The molecule has 0 radical (unpaired) electrons. The molecule has 7 nitrogen and oxygen atoms in total. The summed E-state index contributed by atoms with van der Waals surface area (Å²) in [4.78, 5) is 18.6. The normalized spacial score (nSPS) is 15.3. The largest absolute Gasteiger partial charge is 0.417 e. The van der Waals surface area contributed by atoms with E-state index >= 15 is 0 Å². The van der Waals surface area contributed by atoms with Crippen molar-refractivity contribution in [3.8, 4) is 11.8 Å². The van der Waals surface area contributed by atoms with Crippen LogP contribution >= 0.6 is 25.1 Å². The molecule has 0 spiro atoms. The number of amides is 1. The fraction of sp³-hybridized carbons (Fsp3) is 0.227. The number of alkyl halides is 3. The van der Waals surface area contributed by atoms with E-state index in [0.717, 1.165) is 12.1 Å². The number of fused-ring (bicyclic) bond motifs is 1. The van der Waals surface area contributed by atoms with Gasteiger partial charge in [0.2, 0.25) is 0 Å². The fourth-order valence-electron chi connectivity index (χ4n) is 3.57. The average Bonchev–Trinajstić information content (AvgIpc) is 3.19. The number of pyridine rings is 1. The summed E-state index contributed by atoms with van der Waals surface area (Å²) in [5.41, 5.74) is 6.34. The van der Waals surface area contributed by atoms with Gasteiger partial charge >= 0.3 is 6.18 Å². The molecule has 12 heteroatoms. The number of carbonyl (C=O) groups excluding carboxylic acids is 1. The van der Waals surface area contributed by atoms with Gasteiger partial charge in [0.05, 0.1) is 35.0 Å². The minimum atomic E-state index is -4.60. The van der Waals surface area contributed by atoms with Crippen molar-refractivity contribution >= 4 is 42.5 Å². The highest BCUT2D eigenvalue weighted by molar-refractivity contribution is 7.59. The maximum atomic E-state index is 13.3. The highest BCUT2D eigenvalue weighted by Crippen LogP contribution is 2.37. The first kappa shape index (κ1) is 25.4. The second kappa shape index (κ2) is 9.58. The third-order valence-electron chi connectivity index (χ3n) is 5.19. The molecule has 34 heavy (non-hydrogen) atoms. The first-order chi connectivity index (χ1) is 15.6. The Kier molecular flexibility index (Phi) is 7.16. The molecule has 178 valence electrons. The summed E-state index contributed by atoms with van der Waals surface area (Å²) in [7, 11) is 0. The maximum absolute atomic E-state index is 13.3. The van der Waals surface area contributed by atoms with Gasteiger partial charge in [-0.25, -0.2) is 4.98 Å². The lowest BCUT2D eigenvalue weighted by atomic mass is 10.1. The van der Waals surface area contributed by atoms with Crippen molar-refractivity contribution in [1.82, 2.24) is 14.8 Å². The van der Waals surface area contributed by atoms with Crippen LogP contribution in [0.2, 0.25) is 5.02 Å². The minimum absolute atomic E-state index is 0. The van der Waals surface area contributed by atoms with E-state index in [0.29, 0.717) is 16.7 Å². The van der Waals surface area contributed by atoms with E-state index in [4.69, 9.17) is 17.3 Å². The Morgan fingerprint density at radius 3 is 2.59 bits per heavy atom. The van der Waals surface area contributed by atoms with Crippen LogP contribution in [-0.4, -0.2) is 32.3 Å². The van der Waals surface area contributed by atoms with Crippen molar-refractivity contribution < 1.29 is 23.1 Å². The van der Waals surface area contributed by atoms with Gasteiger partial charge in [0, 0.05) is 24.0 Å². The molecule has 1 atom stereocenters. The number of hydrogen-bond acceptors (Lipinski definition) is 5. The van der Waals surface area contributed by atoms with Gasteiger partial charge in [0.1, 0.15) is 11.5 Å². The average molecular weight is 510 g/mol. The molecule has 2 aromatic heterocycles. The number of anilines is 2. The van der Waals surface area contributed by atoms with Crippen molar-refractivity contribution in [2.24, 2.45) is 0 Å². The minimum Gasteiger partial charge on any atom is -0.392 e. The summed E-state index contributed by atoms with van der Waals surface area (Å²) in [6.45, 7) is 1.73. The van der Waals surface area contributed by atoms with E-state index in [2.05, 4.69) is 21.9 Å². The van der Waals surface area contributed by atoms with Gasteiger partial charge in [-0.2, -0.15) is 31.8 Å². The van der Waals surface area contributed by atoms with Gasteiger partial charge in [-0.05, 0) is 36.8 Å². The monoisotopic (exact) mass is 509 g/mol. The van der Waals surface area contributed by atoms with Gasteiger partial charge in [-0.1, -0.05) is 23.4 Å². The topological polar surface area (TPSA) is 97.3 Å². The van der Waals surface area contributed by atoms with Crippen LogP contribution in [0, 0.1) is 11.8 Å². The number of carbonyl (C=O) groups is 1. The first-order valence-corrected chi connectivity index (χ1v) is 10.1. The number of aromatic nitrogens is 3. The number of hydrogen-bond donors (Lipinski definition) is 2. The standard InChI is InChI=1S/C22H17ClF3N5O2.H2S/c1-12-10-30(16-4-5-17(18(23)7-16)22(24,25)26)21(33)20-14(9-29-31(12)20)3-2-13-8-28-19(27)6-15(13)11-32;/h4-9,12,32H,10-11H2,1H3,(H2,27,28);1H2/t12-;/m0./s1. The zero-order valence-electron chi connectivity index (χ0n) is 17.7. The van der Waals surface area contributed by atoms with Crippen LogP contribution in [-0.2, 0) is 12.8 Å². The Morgan fingerprint density at radius 2 is 1.94 bits per heavy atom. The number of aliphatic hydroxyl groups excluding tert-OH is 1. The Bertz CT molecular complexity index is 1320. The number of aliphatic hydroxyl groups is 1. The Labute approximate surface area is 204 Å². The zero-order chi connectivity index (χ0) is 23.9. The molecule has 0 unspecified atom stereocenters. The highest BCUT2D eigenvalue weighted by atomic mass is 35.5. The number of nitrogen functional groups attached to an aromatic ring is 1. The molecule has 3 aromatic rings. The molecule has 0 fully saturated rings. The van der Waals surface area contributed by atoms with Gasteiger partial charge in [-0.15, -0.1) is 0 Å². The third kappa shape index (κ3) is 4.70. The molecule has 0 saturated heterocycles. The van der Waals surface area contributed by atoms with Crippen molar-refractivity contribution in [1.29, 1.82) is 0 Å². The van der Waals surface area contributed by atoms with Crippen LogP contribution in [0.1, 0.15) is 45.7 Å². The molecule has 3 heterocycles. The van der Waals surface area contributed by atoms with Crippen LogP contribution in [0.25, 0.3) is 0 Å². The van der Waals surface area contributed by atoms with E-state index in [1.54, 1.807) is 0 Å². The van der Waals surface area contributed by atoms with Crippen LogP contribution in [0.15, 0.2) is 36.7 Å². The van der Waals surface area contributed by atoms with Crippen molar-refractivity contribution in [2.45, 2.75) is 25.7 Å². The highest BCUT2D eigenvalue weighted by Gasteiger charge is 2.36. The summed E-state index contributed by atoms with van der Waals surface area (Å²) in [5, 5.41) is 13.3. The van der Waals surface area contributed by atoms with Crippen LogP contribution in [0.4, 0.5) is 24.7 Å². The second-order valence-electron chi connectivity index (χ2n) is 7.45. The van der Waals surface area contributed by atoms with E-state index in [1.807, 2.05) is 6.92 Å². The molecule has 1 aliphatic rings. The second-order valence-corrected chi connectivity index (χ2v) is 7.86. The molecule has 0 saturated carbocycles. The number of benzene rings is 1. The van der Waals surface area contributed by atoms with Gasteiger partial charge < -0.3 is 15.7 Å². The van der Waals surface area contributed by atoms with Gasteiger partial charge in [-0.3, -0.25) is 9.48 Å². The van der Waals surface area contributed by atoms with Crippen LogP contribution in [0.3, 0.4) is 0 Å². The molecule has 4 rings (SSSR count). The lowest BCUT2D eigenvalue weighted by Gasteiger charge is -2.32. The molecular formula is C22H19ClF3N5O2S. The molecule has 0 bridgehead atoms. The van der Waals surface area contributed by atoms with E-state index in [-0.39, 0.29) is 49.9 Å². The molecule has 1 aliphatic heterocycles. The predicted molar refractivity (Wildman–Crippen MR) is 126 cm³/mol. The number of nitrogens with two attached hydrogens (primary N) is 1. The SMILES string of the molecule is C[C@H]1CN(c2ccc(C(F)(F)F)c(Cl)c2)C(=O)c2c(C#Cc3cnc(N)cc3CO)cnn21.S. The third-order valence-corrected chi connectivity index (χ3v) is 5.50. The number of rotatable bonds is 2. The summed E-state index contributed by atoms with van der Waals surface area (Å²) < 4.78 is 40.7.